The second-order valence-corrected chi connectivity index (χ2v) is 8.91. The molecule has 0 saturated carbocycles. The summed E-state index contributed by atoms with van der Waals surface area (Å²) in [6, 6.07) is 22.1. The largest absolute Gasteiger partial charge is 0.497 e. The molecule has 31 heavy (non-hydrogen) atoms. The van der Waals surface area contributed by atoms with E-state index in [-0.39, 0.29) is 5.91 Å². The van der Waals surface area contributed by atoms with Crippen LogP contribution in [0.3, 0.4) is 0 Å². The molecular weight excluding hydrogens is 404 g/mol. The first kappa shape index (κ1) is 19.8. The number of aromatic nitrogens is 1. The molecule has 0 spiro atoms. The Morgan fingerprint density at radius 3 is 2.61 bits per heavy atom. The molecule has 1 aliphatic rings. The van der Waals surface area contributed by atoms with Crippen molar-refractivity contribution in [2.75, 3.05) is 12.0 Å². The fourth-order valence-electron chi connectivity index (χ4n) is 4.15. The Balaban J connectivity index is 1.54. The van der Waals surface area contributed by atoms with Crippen molar-refractivity contribution in [2.45, 2.75) is 32.2 Å². The SMILES string of the molecule is COc1ccc2nc(N(Cc3ccccc3)C(=O)c3ccc4c(c3)CCCC4)sc2c1. The first-order valence-corrected chi connectivity index (χ1v) is 11.4. The minimum Gasteiger partial charge on any atom is -0.497 e. The molecule has 0 saturated heterocycles. The van der Waals surface area contributed by atoms with Gasteiger partial charge < -0.3 is 4.74 Å². The second kappa shape index (κ2) is 8.52. The summed E-state index contributed by atoms with van der Waals surface area (Å²) in [5, 5.41) is 0.704. The molecule has 4 aromatic rings. The number of aryl methyl sites for hydroxylation is 2. The highest BCUT2D eigenvalue weighted by Crippen LogP contribution is 2.33. The topological polar surface area (TPSA) is 42.4 Å². The highest BCUT2D eigenvalue weighted by atomic mass is 32.1. The Morgan fingerprint density at radius 1 is 1.00 bits per heavy atom. The number of ether oxygens (including phenoxy) is 1. The second-order valence-electron chi connectivity index (χ2n) is 7.90. The minimum absolute atomic E-state index is 0.0109. The number of hydrogen-bond acceptors (Lipinski definition) is 4. The van der Waals surface area contributed by atoms with Gasteiger partial charge in [-0.15, -0.1) is 0 Å². The van der Waals surface area contributed by atoms with Crippen LogP contribution in [-0.2, 0) is 19.4 Å². The summed E-state index contributed by atoms with van der Waals surface area (Å²) in [7, 11) is 1.66. The Hall–Kier alpha value is -3.18. The van der Waals surface area contributed by atoms with E-state index >= 15 is 0 Å². The van der Waals surface area contributed by atoms with E-state index in [1.165, 1.54) is 35.3 Å². The maximum Gasteiger partial charge on any atom is 0.260 e. The van der Waals surface area contributed by atoms with Crippen molar-refractivity contribution < 1.29 is 9.53 Å². The van der Waals surface area contributed by atoms with Gasteiger partial charge in [-0.25, -0.2) is 4.98 Å². The van der Waals surface area contributed by atoms with Crippen LogP contribution < -0.4 is 9.64 Å². The van der Waals surface area contributed by atoms with E-state index in [1.54, 1.807) is 12.0 Å². The van der Waals surface area contributed by atoms with Crippen LogP contribution in [-0.4, -0.2) is 18.0 Å². The lowest BCUT2D eigenvalue weighted by atomic mass is 9.90. The molecule has 0 atom stereocenters. The molecule has 0 fully saturated rings. The van der Waals surface area contributed by atoms with Crippen molar-refractivity contribution in [2.24, 2.45) is 0 Å². The number of benzene rings is 3. The van der Waals surface area contributed by atoms with Crippen LogP contribution in [0.1, 0.15) is 39.9 Å². The third-order valence-electron chi connectivity index (χ3n) is 5.84. The van der Waals surface area contributed by atoms with E-state index in [0.29, 0.717) is 11.7 Å². The van der Waals surface area contributed by atoms with Crippen LogP contribution in [0.2, 0.25) is 0 Å². The quantitative estimate of drug-likeness (QED) is 0.390. The summed E-state index contributed by atoms with van der Waals surface area (Å²) in [6.45, 7) is 0.480. The first-order valence-electron chi connectivity index (χ1n) is 10.6. The Labute approximate surface area is 186 Å². The van der Waals surface area contributed by atoms with Gasteiger partial charge in [0.25, 0.3) is 5.91 Å². The summed E-state index contributed by atoms with van der Waals surface area (Å²) in [5.41, 5.74) is 5.37. The summed E-state index contributed by atoms with van der Waals surface area (Å²) in [5.74, 6) is 0.779. The zero-order chi connectivity index (χ0) is 21.2. The smallest absolute Gasteiger partial charge is 0.260 e. The summed E-state index contributed by atoms with van der Waals surface area (Å²) in [6.07, 6.45) is 4.58. The number of hydrogen-bond donors (Lipinski definition) is 0. The average Bonchev–Trinajstić information content (AvgIpc) is 3.25. The van der Waals surface area contributed by atoms with Gasteiger partial charge in [-0.3, -0.25) is 9.69 Å². The predicted molar refractivity (Wildman–Crippen MR) is 126 cm³/mol. The number of methoxy groups -OCH3 is 1. The zero-order valence-corrected chi connectivity index (χ0v) is 18.3. The Bertz CT molecular complexity index is 1230. The number of anilines is 1. The van der Waals surface area contributed by atoms with Crippen LogP contribution in [0.15, 0.2) is 66.7 Å². The molecule has 1 amide bonds. The first-order chi connectivity index (χ1) is 15.2. The van der Waals surface area contributed by atoms with Gasteiger partial charge in [-0.05, 0) is 72.7 Å². The van der Waals surface area contributed by atoms with Gasteiger partial charge in [-0.1, -0.05) is 47.7 Å². The molecule has 1 heterocycles. The Morgan fingerprint density at radius 2 is 1.81 bits per heavy atom. The number of fused-ring (bicyclic) bond motifs is 2. The summed E-state index contributed by atoms with van der Waals surface area (Å²) < 4.78 is 6.36. The van der Waals surface area contributed by atoms with Crippen LogP contribution in [0.25, 0.3) is 10.2 Å². The van der Waals surface area contributed by atoms with Crippen molar-refractivity contribution >= 4 is 32.6 Å². The van der Waals surface area contributed by atoms with E-state index in [9.17, 15) is 4.79 Å². The molecule has 5 heteroatoms. The van der Waals surface area contributed by atoms with Crippen LogP contribution in [0, 0.1) is 0 Å². The van der Waals surface area contributed by atoms with Gasteiger partial charge in [0, 0.05) is 5.56 Å². The molecular formula is C26H24N2O2S. The molecule has 156 valence electrons. The van der Waals surface area contributed by atoms with E-state index in [4.69, 9.17) is 9.72 Å². The standard InChI is InChI=1S/C26H24N2O2S/c1-30-22-13-14-23-24(16-22)31-26(27-23)28(17-18-7-3-2-4-8-18)25(29)21-12-11-19-9-5-6-10-20(19)15-21/h2-4,7-8,11-16H,5-6,9-10,17H2,1H3. The van der Waals surface area contributed by atoms with Crippen LogP contribution >= 0.6 is 11.3 Å². The van der Waals surface area contributed by atoms with E-state index in [0.717, 1.165) is 39.9 Å². The van der Waals surface area contributed by atoms with Gasteiger partial charge in [-0.2, -0.15) is 0 Å². The third-order valence-corrected chi connectivity index (χ3v) is 6.88. The zero-order valence-electron chi connectivity index (χ0n) is 17.5. The minimum atomic E-state index is -0.0109. The molecule has 0 unspecified atom stereocenters. The summed E-state index contributed by atoms with van der Waals surface area (Å²) in [4.78, 5) is 20.3. The maximum atomic E-state index is 13.7. The number of rotatable bonds is 5. The molecule has 0 N–H and O–H groups in total. The van der Waals surface area contributed by atoms with Gasteiger partial charge in [0.05, 0.1) is 23.9 Å². The fourth-order valence-corrected chi connectivity index (χ4v) is 5.14. The number of carbonyl (C=O) groups is 1. The van der Waals surface area contributed by atoms with Gasteiger partial charge in [0.2, 0.25) is 0 Å². The van der Waals surface area contributed by atoms with Crippen LogP contribution in [0.4, 0.5) is 5.13 Å². The van der Waals surface area contributed by atoms with Crippen molar-refractivity contribution in [1.29, 1.82) is 0 Å². The Kier molecular flexibility index (Phi) is 5.43. The van der Waals surface area contributed by atoms with Crippen molar-refractivity contribution in [3.05, 3.63) is 89.0 Å². The number of nitrogens with zero attached hydrogens (tertiary/aromatic N) is 2. The fraction of sp³-hybridized carbons (Fsp3) is 0.231. The monoisotopic (exact) mass is 428 g/mol. The van der Waals surface area contributed by atoms with E-state index in [2.05, 4.69) is 12.1 Å². The van der Waals surface area contributed by atoms with Gasteiger partial charge in [0.15, 0.2) is 5.13 Å². The lowest BCUT2D eigenvalue weighted by molar-refractivity contribution is 0.0985. The molecule has 0 bridgehead atoms. The van der Waals surface area contributed by atoms with E-state index in [1.807, 2.05) is 54.6 Å². The van der Waals surface area contributed by atoms with Gasteiger partial charge in [0.1, 0.15) is 5.75 Å². The third kappa shape index (κ3) is 4.06. The molecule has 4 nitrogen and oxygen atoms in total. The van der Waals surface area contributed by atoms with Crippen molar-refractivity contribution in [3.63, 3.8) is 0 Å². The number of thiazole rings is 1. The highest BCUT2D eigenvalue weighted by Gasteiger charge is 2.23. The summed E-state index contributed by atoms with van der Waals surface area (Å²) >= 11 is 1.52. The molecule has 5 rings (SSSR count). The van der Waals surface area contributed by atoms with E-state index < -0.39 is 0 Å². The number of amides is 1. The molecule has 3 aromatic carbocycles. The predicted octanol–water partition coefficient (Wildman–Crippen LogP) is 6.03. The molecule has 0 aliphatic heterocycles. The number of carbonyl (C=O) groups excluding carboxylic acids is 1. The lowest BCUT2D eigenvalue weighted by Crippen LogP contribution is -2.30. The lowest BCUT2D eigenvalue weighted by Gasteiger charge is -2.22. The van der Waals surface area contributed by atoms with Crippen molar-refractivity contribution in [3.8, 4) is 5.75 Å². The van der Waals surface area contributed by atoms with Gasteiger partial charge >= 0.3 is 0 Å². The average molecular weight is 429 g/mol. The molecule has 1 aromatic heterocycles. The highest BCUT2D eigenvalue weighted by molar-refractivity contribution is 7.22. The molecule has 0 radical (unpaired) electrons. The maximum absolute atomic E-state index is 13.7. The molecule has 1 aliphatic carbocycles. The van der Waals surface area contributed by atoms with Crippen molar-refractivity contribution in [1.82, 2.24) is 4.98 Å². The van der Waals surface area contributed by atoms with Crippen LogP contribution in [0.5, 0.6) is 5.75 Å². The normalized spacial score (nSPS) is 13.1.